The summed E-state index contributed by atoms with van der Waals surface area (Å²) < 4.78 is 79.5. The Hall–Kier alpha value is -1.93. The van der Waals surface area contributed by atoms with Gasteiger partial charge >= 0.3 is 12.7 Å². The molecule has 0 aliphatic carbocycles. The van der Waals surface area contributed by atoms with E-state index in [2.05, 4.69) is 9.47 Å². The van der Waals surface area contributed by atoms with Crippen LogP contribution in [0.15, 0.2) is 18.2 Å². The van der Waals surface area contributed by atoms with Crippen molar-refractivity contribution in [2.24, 2.45) is 0 Å². The first-order chi connectivity index (χ1) is 8.96. The number of ketones is 1. The van der Waals surface area contributed by atoms with E-state index in [0.717, 1.165) is 19.1 Å². The zero-order chi connectivity index (χ0) is 15.6. The number of benzene rings is 1. The van der Waals surface area contributed by atoms with E-state index in [4.69, 9.17) is 0 Å². The van der Waals surface area contributed by atoms with Crippen molar-refractivity contribution >= 4 is 5.78 Å². The number of carbonyl (C=O) groups excluding carboxylic acids is 1. The number of hydrogen-bond acceptors (Lipinski definition) is 3. The lowest BCUT2D eigenvalue weighted by Gasteiger charge is -2.15. The first-order valence-electron chi connectivity index (χ1n) is 5.10. The molecule has 0 saturated carbocycles. The maximum absolute atomic E-state index is 12.2. The fourth-order valence-electron chi connectivity index (χ4n) is 1.37. The van der Waals surface area contributed by atoms with Gasteiger partial charge in [-0.1, -0.05) is 6.07 Å². The predicted molar refractivity (Wildman–Crippen MR) is 54.2 cm³/mol. The second kappa shape index (κ2) is 5.59. The first-order valence-corrected chi connectivity index (χ1v) is 5.10. The Labute approximate surface area is 109 Å². The van der Waals surface area contributed by atoms with Gasteiger partial charge in [0.1, 0.15) is 17.3 Å². The van der Waals surface area contributed by atoms with Gasteiger partial charge < -0.3 is 9.47 Å². The van der Waals surface area contributed by atoms with E-state index >= 15 is 0 Å². The molecule has 1 rings (SSSR count). The summed E-state index contributed by atoms with van der Waals surface area (Å²) in [6.07, 6.45) is -10.5. The molecule has 0 aliphatic heterocycles. The standard InChI is InChI=1S/C11H8F6O3/c1-6(18)4-7-2-3-8(19-10(12,13)14)5-9(7)20-11(15,16)17/h2-3,5H,4H2,1H3. The van der Waals surface area contributed by atoms with Crippen molar-refractivity contribution in [2.75, 3.05) is 0 Å². The van der Waals surface area contributed by atoms with Gasteiger partial charge in [0, 0.05) is 18.1 Å². The first kappa shape index (κ1) is 16.1. The third-order valence-corrected chi connectivity index (χ3v) is 1.94. The van der Waals surface area contributed by atoms with E-state index in [9.17, 15) is 31.1 Å². The lowest BCUT2D eigenvalue weighted by molar-refractivity contribution is -0.276. The quantitative estimate of drug-likeness (QED) is 0.797. The Morgan fingerprint density at radius 1 is 1.05 bits per heavy atom. The summed E-state index contributed by atoms with van der Waals surface area (Å²) in [5, 5.41) is 0. The molecule has 1 aromatic rings. The van der Waals surface area contributed by atoms with Crippen LogP contribution in [0.3, 0.4) is 0 Å². The number of rotatable bonds is 4. The van der Waals surface area contributed by atoms with Crippen LogP contribution in [0.1, 0.15) is 12.5 Å². The monoisotopic (exact) mass is 302 g/mol. The highest BCUT2D eigenvalue weighted by atomic mass is 19.4. The summed E-state index contributed by atoms with van der Waals surface area (Å²) >= 11 is 0. The van der Waals surface area contributed by atoms with Crippen LogP contribution in [0.25, 0.3) is 0 Å². The van der Waals surface area contributed by atoms with E-state index in [1.807, 2.05) is 0 Å². The Morgan fingerprint density at radius 2 is 1.60 bits per heavy atom. The van der Waals surface area contributed by atoms with Crippen LogP contribution >= 0.6 is 0 Å². The summed E-state index contributed by atoms with van der Waals surface area (Å²) in [4.78, 5) is 10.9. The van der Waals surface area contributed by atoms with Crippen molar-refractivity contribution in [3.8, 4) is 11.5 Å². The number of Topliss-reactive ketones (excluding diaryl/α,β-unsaturated/α-hetero) is 1. The van der Waals surface area contributed by atoms with Gasteiger partial charge in [0.2, 0.25) is 0 Å². The summed E-state index contributed by atoms with van der Waals surface area (Å²) in [6.45, 7) is 1.12. The Bertz CT molecular complexity index is 492. The smallest absolute Gasteiger partial charge is 0.406 e. The maximum atomic E-state index is 12.2. The van der Waals surface area contributed by atoms with Crippen LogP contribution in [0.4, 0.5) is 26.3 Å². The average Bonchev–Trinajstić information content (AvgIpc) is 2.16. The summed E-state index contributed by atoms with van der Waals surface area (Å²) in [5.74, 6) is -2.25. The molecule has 0 fully saturated rings. The van der Waals surface area contributed by atoms with Gasteiger partial charge in [-0.2, -0.15) is 0 Å². The van der Waals surface area contributed by atoms with Gasteiger partial charge in [-0.15, -0.1) is 26.3 Å². The molecule has 0 atom stereocenters. The minimum atomic E-state index is -5.09. The zero-order valence-corrected chi connectivity index (χ0v) is 9.93. The molecule has 112 valence electrons. The van der Waals surface area contributed by atoms with Gasteiger partial charge in [-0.25, -0.2) is 0 Å². The number of alkyl halides is 6. The molecule has 0 aromatic heterocycles. The van der Waals surface area contributed by atoms with Crippen LogP contribution in [0, 0.1) is 0 Å². The van der Waals surface area contributed by atoms with Crippen LogP contribution < -0.4 is 9.47 Å². The summed E-state index contributed by atoms with van der Waals surface area (Å²) in [5.41, 5.74) is -0.190. The third kappa shape index (κ3) is 5.81. The van der Waals surface area contributed by atoms with Crippen molar-refractivity contribution in [3.63, 3.8) is 0 Å². The van der Waals surface area contributed by atoms with Crippen LogP contribution in [0.5, 0.6) is 11.5 Å². The maximum Gasteiger partial charge on any atom is 0.573 e. The number of carbonyl (C=O) groups is 1. The van der Waals surface area contributed by atoms with Crippen LogP contribution in [0.2, 0.25) is 0 Å². The highest BCUT2D eigenvalue weighted by Crippen LogP contribution is 2.32. The van der Waals surface area contributed by atoms with Crippen molar-refractivity contribution in [1.29, 1.82) is 0 Å². The van der Waals surface area contributed by atoms with Crippen molar-refractivity contribution < 1.29 is 40.6 Å². The molecular formula is C11H8F6O3. The van der Waals surface area contributed by atoms with Crippen molar-refractivity contribution in [1.82, 2.24) is 0 Å². The normalized spacial score (nSPS) is 12.2. The minimum Gasteiger partial charge on any atom is -0.406 e. The minimum absolute atomic E-state index is 0.190. The van der Waals surface area contributed by atoms with Gasteiger partial charge in [-0.3, -0.25) is 4.79 Å². The van der Waals surface area contributed by atoms with E-state index in [1.165, 1.54) is 0 Å². The van der Waals surface area contributed by atoms with Gasteiger partial charge in [0.25, 0.3) is 0 Å². The zero-order valence-electron chi connectivity index (χ0n) is 9.93. The molecule has 0 heterocycles. The van der Waals surface area contributed by atoms with E-state index in [-0.39, 0.29) is 5.56 Å². The highest BCUT2D eigenvalue weighted by molar-refractivity contribution is 5.79. The molecular weight excluding hydrogens is 294 g/mol. The Balaban J connectivity index is 3.11. The summed E-state index contributed by atoms with van der Waals surface area (Å²) in [6, 6.07) is 2.14. The largest absolute Gasteiger partial charge is 0.573 e. The van der Waals surface area contributed by atoms with Gasteiger partial charge in [0.15, 0.2) is 0 Å². The topological polar surface area (TPSA) is 35.5 Å². The van der Waals surface area contributed by atoms with Crippen LogP contribution in [-0.2, 0) is 11.2 Å². The van der Waals surface area contributed by atoms with Gasteiger partial charge in [-0.05, 0) is 13.0 Å². The third-order valence-electron chi connectivity index (χ3n) is 1.94. The number of hydrogen-bond donors (Lipinski definition) is 0. The molecule has 0 amide bonds. The molecule has 0 spiro atoms. The molecule has 0 radical (unpaired) electrons. The predicted octanol–water partition coefficient (Wildman–Crippen LogP) is 3.62. The lowest BCUT2D eigenvalue weighted by Crippen LogP contribution is -2.20. The van der Waals surface area contributed by atoms with E-state index in [1.54, 1.807) is 0 Å². The Morgan fingerprint density at radius 3 is 2.05 bits per heavy atom. The number of halogens is 6. The van der Waals surface area contributed by atoms with Gasteiger partial charge in [0.05, 0.1) is 0 Å². The number of ether oxygens (including phenoxy) is 2. The fraction of sp³-hybridized carbons (Fsp3) is 0.364. The summed E-state index contributed by atoms with van der Waals surface area (Å²) in [7, 11) is 0. The van der Waals surface area contributed by atoms with Crippen molar-refractivity contribution in [2.45, 2.75) is 26.1 Å². The second-order valence-corrected chi connectivity index (χ2v) is 3.74. The molecule has 20 heavy (non-hydrogen) atoms. The Kier molecular flexibility index (Phi) is 4.51. The molecule has 0 saturated heterocycles. The molecule has 1 aromatic carbocycles. The van der Waals surface area contributed by atoms with E-state index < -0.39 is 36.4 Å². The van der Waals surface area contributed by atoms with Crippen molar-refractivity contribution in [3.05, 3.63) is 23.8 Å². The molecule has 3 nitrogen and oxygen atoms in total. The fourth-order valence-corrected chi connectivity index (χ4v) is 1.37. The van der Waals surface area contributed by atoms with E-state index in [0.29, 0.717) is 6.07 Å². The molecule has 9 heteroatoms. The molecule has 0 aliphatic rings. The molecule has 0 bridgehead atoms. The average molecular weight is 302 g/mol. The molecule has 0 N–H and O–H groups in total. The second-order valence-electron chi connectivity index (χ2n) is 3.74. The SMILES string of the molecule is CC(=O)Cc1ccc(OC(F)(F)F)cc1OC(F)(F)F. The highest BCUT2D eigenvalue weighted by Gasteiger charge is 2.34. The molecule has 0 unspecified atom stereocenters. The lowest BCUT2D eigenvalue weighted by atomic mass is 10.1. The van der Waals surface area contributed by atoms with Crippen LogP contribution in [-0.4, -0.2) is 18.5 Å².